The third-order valence-corrected chi connectivity index (χ3v) is 3.32. The van der Waals surface area contributed by atoms with Crippen LogP contribution in [0.3, 0.4) is 0 Å². The normalized spacial score (nSPS) is 15.5. The Balaban J connectivity index is 1.89. The zero-order chi connectivity index (χ0) is 16.7. The van der Waals surface area contributed by atoms with Crippen molar-refractivity contribution in [3.05, 3.63) is 29.8 Å². The Hall–Kier alpha value is -1.89. The summed E-state index contributed by atoms with van der Waals surface area (Å²) in [4.78, 5) is 13.2. The Morgan fingerprint density at radius 3 is 2.74 bits per heavy atom. The highest BCUT2D eigenvalue weighted by Crippen LogP contribution is 2.28. The van der Waals surface area contributed by atoms with Crippen LogP contribution in [-0.2, 0) is 14.3 Å². The van der Waals surface area contributed by atoms with E-state index in [9.17, 15) is 4.79 Å². The Labute approximate surface area is 136 Å². The molecule has 0 N–H and O–H groups in total. The van der Waals surface area contributed by atoms with Crippen LogP contribution >= 0.6 is 0 Å². The topological polar surface area (TPSA) is 57.2 Å². The molecule has 1 fully saturated rings. The SMILES string of the molecule is COc1cc(C=CCN(C)CC2OCCO2)ccc1OC(C)=O. The van der Waals surface area contributed by atoms with Crippen molar-refractivity contribution in [2.24, 2.45) is 0 Å². The number of hydrogen-bond donors (Lipinski definition) is 0. The van der Waals surface area contributed by atoms with Gasteiger partial charge >= 0.3 is 5.97 Å². The second-order valence-corrected chi connectivity index (χ2v) is 5.30. The van der Waals surface area contributed by atoms with Crippen LogP contribution in [0.1, 0.15) is 12.5 Å². The zero-order valence-corrected chi connectivity index (χ0v) is 13.8. The molecule has 0 radical (unpaired) electrons. The van der Waals surface area contributed by atoms with E-state index in [1.54, 1.807) is 13.2 Å². The molecule has 2 rings (SSSR count). The van der Waals surface area contributed by atoms with Crippen molar-refractivity contribution < 1.29 is 23.7 Å². The predicted octanol–water partition coefficient (Wildman–Crippen LogP) is 1.94. The summed E-state index contributed by atoms with van der Waals surface area (Å²) in [6, 6.07) is 5.43. The van der Waals surface area contributed by atoms with Gasteiger partial charge in [-0.15, -0.1) is 0 Å². The van der Waals surface area contributed by atoms with Gasteiger partial charge in [-0.25, -0.2) is 0 Å². The molecule has 0 spiro atoms. The van der Waals surface area contributed by atoms with Crippen molar-refractivity contribution in [2.45, 2.75) is 13.2 Å². The smallest absolute Gasteiger partial charge is 0.308 e. The number of nitrogens with zero attached hydrogens (tertiary/aromatic N) is 1. The number of carbonyl (C=O) groups excluding carboxylic acids is 1. The average molecular weight is 321 g/mol. The molecule has 0 amide bonds. The Kier molecular flexibility index (Phi) is 6.58. The highest BCUT2D eigenvalue weighted by Gasteiger charge is 2.17. The van der Waals surface area contributed by atoms with Crippen LogP contribution in [0, 0.1) is 0 Å². The molecule has 1 aromatic rings. The summed E-state index contributed by atoms with van der Waals surface area (Å²) in [7, 11) is 3.56. The molecule has 0 saturated carbocycles. The van der Waals surface area contributed by atoms with Crippen molar-refractivity contribution in [1.82, 2.24) is 4.90 Å². The molecule has 0 aromatic heterocycles. The Bertz CT molecular complexity index is 552. The second kappa shape index (κ2) is 8.67. The minimum Gasteiger partial charge on any atom is -0.493 e. The number of rotatable bonds is 7. The van der Waals surface area contributed by atoms with Crippen LogP contribution < -0.4 is 9.47 Å². The Morgan fingerprint density at radius 1 is 1.35 bits per heavy atom. The number of hydrogen-bond acceptors (Lipinski definition) is 6. The number of likely N-dealkylation sites (N-methyl/N-ethyl adjacent to an activating group) is 1. The van der Waals surface area contributed by atoms with Crippen molar-refractivity contribution in [3.8, 4) is 11.5 Å². The highest BCUT2D eigenvalue weighted by atomic mass is 16.7. The summed E-state index contributed by atoms with van der Waals surface area (Å²) >= 11 is 0. The van der Waals surface area contributed by atoms with Crippen molar-refractivity contribution >= 4 is 12.0 Å². The molecule has 1 heterocycles. The molecule has 0 atom stereocenters. The highest BCUT2D eigenvalue weighted by molar-refractivity contribution is 5.71. The monoisotopic (exact) mass is 321 g/mol. The van der Waals surface area contributed by atoms with Gasteiger partial charge < -0.3 is 18.9 Å². The Morgan fingerprint density at radius 2 is 2.09 bits per heavy atom. The first-order chi connectivity index (χ1) is 11.1. The fourth-order valence-electron chi connectivity index (χ4n) is 2.24. The minimum atomic E-state index is -0.371. The number of benzene rings is 1. The van der Waals surface area contributed by atoms with Gasteiger partial charge in [0.1, 0.15) is 0 Å². The lowest BCUT2D eigenvalue weighted by atomic mass is 10.2. The first-order valence-corrected chi connectivity index (χ1v) is 7.53. The van der Waals surface area contributed by atoms with E-state index in [2.05, 4.69) is 11.0 Å². The number of carbonyl (C=O) groups is 1. The van der Waals surface area contributed by atoms with E-state index in [1.807, 2.05) is 25.3 Å². The van der Waals surface area contributed by atoms with Crippen LogP contribution in [0.2, 0.25) is 0 Å². The summed E-state index contributed by atoms with van der Waals surface area (Å²) in [5.74, 6) is 0.581. The van der Waals surface area contributed by atoms with Gasteiger partial charge in [-0.05, 0) is 24.7 Å². The molecule has 0 bridgehead atoms. The van der Waals surface area contributed by atoms with Gasteiger partial charge in [0, 0.05) is 20.0 Å². The maximum absolute atomic E-state index is 11.0. The zero-order valence-electron chi connectivity index (χ0n) is 13.8. The van der Waals surface area contributed by atoms with E-state index in [-0.39, 0.29) is 12.3 Å². The summed E-state index contributed by atoms with van der Waals surface area (Å²) < 4.78 is 21.2. The van der Waals surface area contributed by atoms with E-state index in [1.165, 1.54) is 6.92 Å². The molecule has 126 valence electrons. The van der Waals surface area contributed by atoms with Gasteiger partial charge in [-0.2, -0.15) is 0 Å². The molecule has 0 unspecified atom stereocenters. The van der Waals surface area contributed by atoms with E-state index in [0.29, 0.717) is 24.7 Å². The van der Waals surface area contributed by atoms with Crippen LogP contribution in [0.4, 0.5) is 0 Å². The fourth-order valence-corrected chi connectivity index (χ4v) is 2.24. The van der Waals surface area contributed by atoms with E-state index < -0.39 is 0 Å². The average Bonchev–Trinajstić information content (AvgIpc) is 3.01. The van der Waals surface area contributed by atoms with Crippen LogP contribution in [0.5, 0.6) is 11.5 Å². The second-order valence-electron chi connectivity index (χ2n) is 5.30. The quantitative estimate of drug-likeness (QED) is 0.565. The third-order valence-electron chi connectivity index (χ3n) is 3.32. The molecule has 1 aliphatic heterocycles. The molecule has 23 heavy (non-hydrogen) atoms. The van der Waals surface area contributed by atoms with Gasteiger partial charge in [0.2, 0.25) is 0 Å². The third kappa shape index (κ3) is 5.67. The van der Waals surface area contributed by atoms with Gasteiger partial charge in [0.15, 0.2) is 17.8 Å². The number of esters is 1. The van der Waals surface area contributed by atoms with Gasteiger partial charge in [-0.3, -0.25) is 9.69 Å². The van der Waals surface area contributed by atoms with Crippen molar-refractivity contribution in [1.29, 1.82) is 0 Å². The van der Waals surface area contributed by atoms with E-state index in [0.717, 1.165) is 18.7 Å². The first-order valence-electron chi connectivity index (χ1n) is 7.53. The molecular weight excluding hydrogens is 298 g/mol. The fraction of sp³-hybridized carbons (Fsp3) is 0.471. The lowest BCUT2D eigenvalue weighted by molar-refractivity contribution is -0.132. The molecule has 1 saturated heterocycles. The largest absolute Gasteiger partial charge is 0.493 e. The molecule has 6 nitrogen and oxygen atoms in total. The standard InChI is InChI=1S/C17H23NO5/c1-13(19)23-15-7-6-14(11-16(15)20-3)5-4-8-18(2)12-17-21-9-10-22-17/h4-7,11,17H,8-10,12H2,1-3H3. The molecule has 0 aliphatic carbocycles. The summed E-state index contributed by atoms with van der Waals surface area (Å²) in [6.07, 6.45) is 3.92. The molecule has 1 aliphatic rings. The first kappa shape index (κ1) is 17.5. The van der Waals surface area contributed by atoms with Crippen LogP contribution in [-0.4, -0.2) is 57.6 Å². The minimum absolute atomic E-state index is 0.128. The number of ether oxygens (including phenoxy) is 4. The van der Waals surface area contributed by atoms with Gasteiger partial charge in [0.05, 0.1) is 20.3 Å². The molecular formula is C17H23NO5. The predicted molar refractivity (Wildman–Crippen MR) is 86.5 cm³/mol. The summed E-state index contributed by atoms with van der Waals surface area (Å²) in [5, 5.41) is 0. The van der Waals surface area contributed by atoms with Crippen LogP contribution in [0.15, 0.2) is 24.3 Å². The molecule has 6 heteroatoms. The van der Waals surface area contributed by atoms with Crippen molar-refractivity contribution in [2.75, 3.05) is 40.5 Å². The van der Waals surface area contributed by atoms with Gasteiger partial charge in [-0.1, -0.05) is 18.2 Å². The molecule has 1 aromatic carbocycles. The van der Waals surface area contributed by atoms with Gasteiger partial charge in [0.25, 0.3) is 0 Å². The van der Waals surface area contributed by atoms with Crippen LogP contribution in [0.25, 0.3) is 6.08 Å². The maximum atomic E-state index is 11.0. The number of methoxy groups -OCH3 is 1. The lowest BCUT2D eigenvalue weighted by Crippen LogP contribution is -2.29. The maximum Gasteiger partial charge on any atom is 0.308 e. The van der Waals surface area contributed by atoms with Crippen molar-refractivity contribution in [3.63, 3.8) is 0 Å². The lowest BCUT2D eigenvalue weighted by Gasteiger charge is -2.18. The summed E-state index contributed by atoms with van der Waals surface area (Å²) in [5.41, 5.74) is 0.972. The summed E-state index contributed by atoms with van der Waals surface area (Å²) in [6.45, 7) is 4.21. The van der Waals surface area contributed by atoms with E-state index in [4.69, 9.17) is 18.9 Å². The van der Waals surface area contributed by atoms with E-state index >= 15 is 0 Å².